The summed E-state index contributed by atoms with van der Waals surface area (Å²) in [5.41, 5.74) is 0. The molecule has 0 saturated heterocycles. The number of carbonyl (C=O) groups excluding carboxylic acids is 2. The number of unbranched alkanes of at least 4 members (excludes halogenated alkanes) is 4. The van der Waals surface area contributed by atoms with E-state index >= 15 is 0 Å². The number of hydrogen-bond acceptors (Lipinski definition) is 4. The minimum Gasteiger partial charge on any atom is -0.456 e. The molecule has 0 aromatic heterocycles. The fourth-order valence-corrected chi connectivity index (χ4v) is 3.65. The van der Waals surface area contributed by atoms with E-state index in [4.69, 9.17) is 4.74 Å². The Hall–Kier alpha value is -1.42. The van der Waals surface area contributed by atoms with Crippen LogP contribution in [-0.2, 0) is 14.3 Å². The quantitative estimate of drug-likeness (QED) is 0.246. The molecule has 1 rings (SSSR count). The summed E-state index contributed by atoms with van der Waals surface area (Å²) in [6.07, 6.45) is 12.8. The van der Waals surface area contributed by atoms with E-state index in [1.165, 1.54) is 0 Å². The average Bonchev–Trinajstić information content (AvgIpc) is 2.58. The van der Waals surface area contributed by atoms with Gasteiger partial charge in [-0.2, -0.15) is 0 Å². The third-order valence-corrected chi connectivity index (χ3v) is 4.97. The Morgan fingerprint density at radius 1 is 1.12 bits per heavy atom. The third-order valence-electron chi connectivity index (χ3n) is 4.97. The molecule has 4 unspecified atom stereocenters. The van der Waals surface area contributed by atoms with Crippen LogP contribution in [0.15, 0.2) is 24.8 Å². The summed E-state index contributed by atoms with van der Waals surface area (Å²) in [5.74, 6) is 0.288. The average molecular weight is 350 g/mol. The molecular formula is C21H34O4. The highest BCUT2D eigenvalue weighted by Crippen LogP contribution is 2.35. The molecule has 4 atom stereocenters. The molecule has 0 saturated carbocycles. The Morgan fingerprint density at radius 3 is 2.44 bits per heavy atom. The first kappa shape index (κ1) is 21.6. The van der Waals surface area contributed by atoms with Gasteiger partial charge in [-0.05, 0) is 32.1 Å². The Balaban J connectivity index is 2.52. The lowest BCUT2D eigenvalue weighted by Crippen LogP contribution is -2.42. The van der Waals surface area contributed by atoms with Gasteiger partial charge in [0.2, 0.25) is 0 Å². The molecule has 1 aliphatic rings. The van der Waals surface area contributed by atoms with Gasteiger partial charge in [0.05, 0.1) is 0 Å². The zero-order valence-corrected chi connectivity index (χ0v) is 15.8. The van der Waals surface area contributed by atoms with Crippen LogP contribution in [-0.4, -0.2) is 29.1 Å². The first-order valence-corrected chi connectivity index (χ1v) is 9.68. The van der Waals surface area contributed by atoms with Crippen LogP contribution in [0, 0.1) is 11.8 Å². The fourth-order valence-electron chi connectivity index (χ4n) is 3.65. The summed E-state index contributed by atoms with van der Waals surface area (Å²) < 4.78 is 5.47. The third kappa shape index (κ3) is 8.00. The highest BCUT2D eigenvalue weighted by molar-refractivity contribution is 5.81. The highest BCUT2D eigenvalue weighted by atomic mass is 16.6. The maximum atomic E-state index is 11.6. The minimum atomic E-state index is -0.738. The van der Waals surface area contributed by atoms with Crippen molar-refractivity contribution >= 4 is 11.8 Å². The molecule has 0 heterocycles. The van der Waals surface area contributed by atoms with Gasteiger partial charge in [0.1, 0.15) is 18.0 Å². The van der Waals surface area contributed by atoms with Crippen LogP contribution in [0.2, 0.25) is 0 Å². The number of hydrogen-bond donors (Lipinski definition) is 1. The maximum absolute atomic E-state index is 11.6. The second-order valence-corrected chi connectivity index (χ2v) is 7.11. The summed E-state index contributed by atoms with van der Waals surface area (Å²) in [4.78, 5) is 22.6. The van der Waals surface area contributed by atoms with Crippen molar-refractivity contribution in [1.29, 1.82) is 0 Å². The zero-order valence-electron chi connectivity index (χ0n) is 15.8. The van der Waals surface area contributed by atoms with Gasteiger partial charge in [-0.15, -0.1) is 0 Å². The summed E-state index contributed by atoms with van der Waals surface area (Å²) in [6.45, 7) is 7.24. The lowest BCUT2D eigenvalue weighted by molar-refractivity contribution is -0.153. The van der Waals surface area contributed by atoms with Gasteiger partial charge in [0.25, 0.3) is 0 Å². The fraction of sp³-hybridized carbons (Fsp3) is 0.714. The SMILES string of the molecule is C=CC(=O)OC1C(O)C=CC(CCC)C1CCCCCCCC(C)=O. The minimum absolute atomic E-state index is 0.154. The molecular weight excluding hydrogens is 316 g/mol. The first-order chi connectivity index (χ1) is 12.0. The van der Waals surface area contributed by atoms with Crippen molar-refractivity contribution in [3.8, 4) is 0 Å². The van der Waals surface area contributed by atoms with Crippen molar-refractivity contribution in [3.63, 3.8) is 0 Å². The van der Waals surface area contributed by atoms with Crippen molar-refractivity contribution in [3.05, 3.63) is 24.8 Å². The van der Waals surface area contributed by atoms with Crippen LogP contribution in [0.25, 0.3) is 0 Å². The standard InChI is InChI=1S/C21H34O4/c1-4-11-17-14-15-19(23)21(25-20(24)5-2)18(17)13-10-8-6-7-9-12-16(3)22/h5,14-15,17-19,21,23H,2,4,6-13H2,1,3H3. The number of rotatable bonds is 12. The van der Waals surface area contributed by atoms with E-state index < -0.39 is 18.2 Å². The lowest BCUT2D eigenvalue weighted by Gasteiger charge is -2.37. The van der Waals surface area contributed by atoms with Crippen molar-refractivity contribution in [1.82, 2.24) is 0 Å². The van der Waals surface area contributed by atoms with Crippen LogP contribution in [0.3, 0.4) is 0 Å². The maximum Gasteiger partial charge on any atom is 0.330 e. The van der Waals surface area contributed by atoms with Gasteiger partial charge in [0, 0.05) is 18.4 Å². The molecule has 142 valence electrons. The number of Topliss-reactive ketones (excluding diaryl/α,β-unsaturated/α-hetero) is 1. The molecule has 0 aliphatic heterocycles. The summed E-state index contributed by atoms with van der Waals surface area (Å²) in [5, 5.41) is 10.3. The summed E-state index contributed by atoms with van der Waals surface area (Å²) in [7, 11) is 0. The number of ether oxygens (including phenoxy) is 1. The van der Waals surface area contributed by atoms with E-state index in [9.17, 15) is 14.7 Å². The Bertz CT molecular complexity index is 455. The van der Waals surface area contributed by atoms with Crippen LogP contribution in [0.4, 0.5) is 0 Å². The number of aliphatic hydroxyl groups excluding tert-OH is 1. The van der Waals surface area contributed by atoms with Gasteiger partial charge in [-0.25, -0.2) is 4.79 Å². The molecule has 0 fully saturated rings. The van der Waals surface area contributed by atoms with Crippen molar-refractivity contribution in [2.24, 2.45) is 11.8 Å². The predicted octanol–water partition coefficient (Wildman–Crippen LogP) is 4.37. The number of ketones is 1. The normalized spacial score (nSPS) is 25.6. The highest BCUT2D eigenvalue weighted by Gasteiger charge is 2.37. The van der Waals surface area contributed by atoms with Gasteiger partial charge in [-0.1, -0.05) is 57.8 Å². The summed E-state index contributed by atoms with van der Waals surface area (Å²) in [6, 6.07) is 0. The Morgan fingerprint density at radius 2 is 1.80 bits per heavy atom. The van der Waals surface area contributed by atoms with E-state index in [2.05, 4.69) is 19.6 Å². The van der Waals surface area contributed by atoms with Crippen molar-refractivity contribution in [2.45, 2.75) is 83.8 Å². The number of esters is 1. The Labute approximate surface area is 152 Å². The second-order valence-electron chi connectivity index (χ2n) is 7.11. The molecule has 25 heavy (non-hydrogen) atoms. The van der Waals surface area contributed by atoms with E-state index in [0.717, 1.165) is 57.4 Å². The largest absolute Gasteiger partial charge is 0.456 e. The van der Waals surface area contributed by atoms with E-state index in [1.807, 2.05) is 0 Å². The molecule has 0 aromatic carbocycles. The van der Waals surface area contributed by atoms with E-state index in [0.29, 0.717) is 12.3 Å². The van der Waals surface area contributed by atoms with Crippen LogP contribution < -0.4 is 0 Å². The first-order valence-electron chi connectivity index (χ1n) is 9.68. The molecule has 1 aliphatic carbocycles. The van der Waals surface area contributed by atoms with E-state index in [-0.39, 0.29) is 11.7 Å². The van der Waals surface area contributed by atoms with Gasteiger partial charge < -0.3 is 14.6 Å². The van der Waals surface area contributed by atoms with Crippen LogP contribution in [0.1, 0.15) is 71.6 Å². The molecule has 4 nitrogen and oxygen atoms in total. The number of aliphatic hydroxyl groups is 1. The number of allylic oxidation sites excluding steroid dienone is 1. The smallest absolute Gasteiger partial charge is 0.330 e. The zero-order chi connectivity index (χ0) is 18.7. The van der Waals surface area contributed by atoms with Gasteiger partial charge in [-0.3, -0.25) is 0 Å². The predicted molar refractivity (Wildman–Crippen MR) is 100 cm³/mol. The Kier molecular flexibility index (Phi) is 10.4. The van der Waals surface area contributed by atoms with Crippen LogP contribution >= 0.6 is 0 Å². The van der Waals surface area contributed by atoms with Gasteiger partial charge in [0.15, 0.2) is 0 Å². The molecule has 0 radical (unpaired) electrons. The topological polar surface area (TPSA) is 63.6 Å². The number of carbonyl (C=O) groups is 2. The lowest BCUT2D eigenvalue weighted by atomic mass is 9.75. The van der Waals surface area contributed by atoms with Crippen molar-refractivity contribution in [2.75, 3.05) is 0 Å². The van der Waals surface area contributed by atoms with Crippen molar-refractivity contribution < 1.29 is 19.4 Å². The summed E-state index contributed by atoms with van der Waals surface area (Å²) >= 11 is 0. The molecule has 0 spiro atoms. The molecule has 0 aromatic rings. The second kappa shape index (κ2) is 12.0. The molecule has 0 bridgehead atoms. The molecule has 1 N–H and O–H groups in total. The molecule has 4 heteroatoms. The van der Waals surface area contributed by atoms with Gasteiger partial charge >= 0.3 is 5.97 Å². The molecule has 0 amide bonds. The monoisotopic (exact) mass is 350 g/mol. The van der Waals surface area contributed by atoms with E-state index in [1.54, 1.807) is 13.0 Å². The van der Waals surface area contributed by atoms with Crippen LogP contribution in [0.5, 0.6) is 0 Å².